The Morgan fingerprint density at radius 1 is 1.19 bits per heavy atom. The van der Waals surface area contributed by atoms with Crippen molar-refractivity contribution in [2.24, 2.45) is 0 Å². The average Bonchev–Trinajstić information content (AvgIpc) is 2.49. The largest absolute Gasteiger partial charge is 0.269 e. The molecule has 0 fully saturated rings. The Bertz CT molecular complexity index is 814. The molecule has 0 aliphatic heterocycles. The van der Waals surface area contributed by atoms with Crippen LogP contribution in [0.4, 0.5) is 10.1 Å². The molecule has 0 aromatic heterocycles. The van der Waals surface area contributed by atoms with Crippen LogP contribution in [0, 0.1) is 17.1 Å². The maximum Gasteiger partial charge on any atom is 0.265 e. The first-order valence-corrected chi connectivity index (χ1v) is 7.62. The molecule has 0 saturated carbocycles. The maximum absolute atomic E-state index is 13.3. The van der Waals surface area contributed by atoms with E-state index >= 15 is 0 Å². The van der Waals surface area contributed by atoms with Gasteiger partial charge in [0.25, 0.3) is 10.0 Å². The summed E-state index contributed by atoms with van der Waals surface area (Å²) in [5, 5.41) is 8.67. The molecular weight excluding hydrogens is 315 g/mol. The Morgan fingerprint density at radius 2 is 1.81 bits per heavy atom. The Kier molecular flexibility index (Phi) is 4.16. The van der Waals surface area contributed by atoms with Gasteiger partial charge in [0.1, 0.15) is 10.7 Å². The van der Waals surface area contributed by atoms with Crippen LogP contribution in [-0.4, -0.2) is 15.5 Å². The fourth-order valence-corrected chi connectivity index (χ4v) is 3.39. The topological polar surface area (TPSA) is 61.2 Å². The Balaban J connectivity index is 2.47. The number of halogens is 2. The van der Waals surface area contributed by atoms with Gasteiger partial charge in [-0.15, -0.1) is 0 Å². The lowest BCUT2D eigenvalue weighted by molar-refractivity contribution is 0.589. The molecule has 0 bridgehead atoms. The highest BCUT2D eigenvalue weighted by molar-refractivity contribution is 7.93. The molecule has 0 radical (unpaired) electrons. The van der Waals surface area contributed by atoms with E-state index in [9.17, 15) is 12.8 Å². The standard InChI is InChI=1S/C14H10ClFN2O2S/c1-18(12-5-2-10(9-17)3-6-12)21(19,20)14-8-11(16)4-7-13(14)15/h2-8H,1H3. The molecule has 2 aromatic rings. The highest BCUT2D eigenvalue weighted by Gasteiger charge is 2.24. The number of hydrogen-bond acceptors (Lipinski definition) is 3. The number of benzene rings is 2. The summed E-state index contributed by atoms with van der Waals surface area (Å²) in [6.07, 6.45) is 0. The Labute approximate surface area is 127 Å². The van der Waals surface area contributed by atoms with Gasteiger partial charge in [-0.05, 0) is 42.5 Å². The SMILES string of the molecule is CN(c1ccc(C#N)cc1)S(=O)(=O)c1cc(F)ccc1Cl. The van der Waals surface area contributed by atoms with Crippen LogP contribution in [0.15, 0.2) is 47.4 Å². The molecule has 0 saturated heterocycles. The van der Waals surface area contributed by atoms with E-state index in [2.05, 4.69) is 0 Å². The van der Waals surface area contributed by atoms with Crippen molar-refractivity contribution in [3.8, 4) is 6.07 Å². The van der Waals surface area contributed by atoms with Crippen LogP contribution in [0.25, 0.3) is 0 Å². The van der Waals surface area contributed by atoms with E-state index in [1.807, 2.05) is 6.07 Å². The number of anilines is 1. The van der Waals surface area contributed by atoms with Crippen molar-refractivity contribution < 1.29 is 12.8 Å². The molecule has 21 heavy (non-hydrogen) atoms. The molecule has 4 nitrogen and oxygen atoms in total. The van der Waals surface area contributed by atoms with E-state index in [4.69, 9.17) is 16.9 Å². The third kappa shape index (κ3) is 2.99. The zero-order valence-electron chi connectivity index (χ0n) is 10.9. The first-order chi connectivity index (χ1) is 9.86. The molecule has 0 unspecified atom stereocenters. The summed E-state index contributed by atoms with van der Waals surface area (Å²) in [7, 11) is -2.66. The van der Waals surface area contributed by atoms with E-state index in [-0.39, 0.29) is 9.92 Å². The highest BCUT2D eigenvalue weighted by atomic mass is 35.5. The average molecular weight is 325 g/mol. The van der Waals surface area contributed by atoms with E-state index < -0.39 is 15.8 Å². The first kappa shape index (κ1) is 15.3. The second-order valence-electron chi connectivity index (χ2n) is 4.21. The monoisotopic (exact) mass is 324 g/mol. The van der Waals surface area contributed by atoms with Gasteiger partial charge >= 0.3 is 0 Å². The molecule has 0 aliphatic carbocycles. The van der Waals surface area contributed by atoms with Crippen LogP contribution < -0.4 is 4.31 Å². The lowest BCUT2D eigenvalue weighted by Gasteiger charge is -2.20. The minimum atomic E-state index is -3.99. The lowest BCUT2D eigenvalue weighted by Crippen LogP contribution is -2.26. The first-order valence-electron chi connectivity index (χ1n) is 5.80. The molecule has 0 spiro atoms. The van der Waals surface area contributed by atoms with Gasteiger partial charge in [-0.1, -0.05) is 11.6 Å². The predicted molar refractivity (Wildman–Crippen MR) is 78.2 cm³/mol. The Hall–Kier alpha value is -2.10. The van der Waals surface area contributed by atoms with Crippen LogP contribution in [0.1, 0.15) is 5.56 Å². The number of hydrogen-bond donors (Lipinski definition) is 0. The van der Waals surface area contributed by atoms with Gasteiger partial charge in [-0.2, -0.15) is 5.26 Å². The second kappa shape index (κ2) is 5.72. The Morgan fingerprint density at radius 3 is 2.38 bits per heavy atom. The normalized spacial score (nSPS) is 11.0. The maximum atomic E-state index is 13.3. The summed E-state index contributed by atoms with van der Waals surface area (Å²) in [5.41, 5.74) is 0.752. The molecule has 0 aliphatic rings. The lowest BCUT2D eigenvalue weighted by atomic mass is 10.2. The molecule has 0 heterocycles. The third-order valence-corrected chi connectivity index (χ3v) is 5.16. The second-order valence-corrected chi connectivity index (χ2v) is 6.55. The molecule has 2 aromatic carbocycles. The zero-order valence-corrected chi connectivity index (χ0v) is 12.5. The summed E-state index contributed by atoms with van der Waals surface area (Å²) in [5.74, 6) is -0.689. The van der Waals surface area contributed by atoms with Crippen LogP contribution >= 0.6 is 11.6 Å². The smallest absolute Gasteiger partial charge is 0.265 e. The molecule has 0 atom stereocenters. The summed E-state index contributed by atoms with van der Waals surface area (Å²) >= 11 is 5.84. The van der Waals surface area contributed by atoms with E-state index in [1.54, 1.807) is 0 Å². The molecular formula is C14H10ClFN2O2S. The van der Waals surface area contributed by atoms with Crippen molar-refractivity contribution in [2.45, 2.75) is 4.90 Å². The summed E-state index contributed by atoms with van der Waals surface area (Å²) in [6, 6.07) is 11.1. The van der Waals surface area contributed by atoms with Crippen molar-refractivity contribution in [1.29, 1.82) is 5.26 Å². The van der Waals surface area contributed by atoms with Crippen LogP contribution in [-0.2, 0) is 10.0 Å². The van der Waals surface area contributed by atoms with Gasteiger partial charge in [-0.3, -0.25) is 4.31 Å². The number of rotatable bonds is 3. The van der Waals surface area contributed by atoms with Gasteiger partial charge in [0.15, 0.2) is 0 Å². The van der Waals surface area contributed by atoms with Gasteiger partial charge in [0.05, 0.1) is 22.3 Å². The fourth-order valence-electron chi connectivity index (χ4n) is 1.71. The molecule has 2 rings (SSSR count). The number of nitrogens with zero attached hydrogens (tertiary/aromatic N) is 2. The van der Waals surface area contributed by atoms with Crippen molar-refractivity contribution in [1.82, 2.24) is 0 Å². The van der Waals surface area contributed by atoms with Crippen LogP contribution in [0.5, 0.6) is 0 Å². The molecule has 108 valence electrons. The van der Waals surface area contributed by atoms with Crippen molar-refractivity contribution >= 4 is 27.3 Å². The highest BCUT2D eigenvalue weighted by Crippen LogP contribution is 2.28. The summed E-state index contributed by atoms with van der Waals surface area (Å²) in [6.45, 7) is 0. The molecule has 0 amide bonds. The summed E-state index contributed by atoms with van der Waals surface area (Å²) < 4.78 is 39.2. The van der Waals surface area contributed by atoms with Gasteiger partial charge in [0, 0.05) is 7.05 Å². The van der Waals surface area contributed by atoms with Crippen molar-refractivity contribution in [2.75, 3.05) is 11.4 Å². The van der Waals surface area contributed by atoms with E-state index in [0.717, 1.165) is 16.4 Å². The van der Waals surface area contributed by atoms with Crippen LogP contribution in [0.2, 0.25) is 5.02 Å². The van der Waals surface area contributed by atoms with Crippen molar-refractivity contribution in [3.63, 3.8) is 0 Å². The van der Waals surface area contributed by atoms with Crippen molar-refractivity contribution in [3.05, 3.63) is 58.9 Å². The summed E-state index contributed by atoms with van der Waals surface area (Å²) in [4.78, 5) is -0.309. The van der Waals surface area contributed by atoms with E-state index in [1.165, 1.54) is 37.4 Å². The minimum Gasteiger partial charge on any atom is -0.269 e. The quantitative estimate of drug-likeness (QED) is 0.871. The fraction of sp³-hybridized carbons (Fsp3) is 0.0714. The molecule has 0 N–H and O–H groups in total. The number of sulfonamides is 1. The zero-order chi connectivity index (χ0) is 15.6. The van der Waals surface area contributed by atoms with Gasteiger partial charge < -0.3 is 0 Å². The van der Waals surface area contributed by atoms with Gasteiger partial charge in [-0.25, -0.2) is 12.8 Å². The van der Waals surface area contributed by atoms with E-state index in [0.29, 0.717) is 11.3 Å². The van der Waals surface area contributed by atoms with Gasteiger partial charge in [0.2, 0.25) is 0 Å². The number of nitriles is 1. The van der Waals surface area contributed by atoms with Crippen LogP contribution in [0.3, 0.4) is 0 Å². The third-order valence-electron chi connectivity index (χ3n) is 2.89. The molecule has 7 heteroatoms. The minimum absolute atomic E-state index is 0.0584. The predicted octanol–water partition coefficient (Wildman–Crippen LogP) is 3.18.